The van der Waals surface area contributed by atoms with E-state index < -0.39 is 30.7 Å². The van der Waals surface area contributed by atoms with Crippen LogP contribution in [0, 0.1) is 0 Å². The fraction of sp³-hybridized carbons (Fsp3) is 1.00. The summed E-state index contributed by atoms with van der Waals surface area (Å²) in [6, 6.07) is 0. The van der Waals surface area contributed by atoms with Crippen LogP contribution in [0.1, 0.15) is 19.8 Å². The first-order valence-electron chi connectivity index (χ1n) is 7.66. The van der Waals surface area contributed by atoms with Crippen molar-refractivity contribution in [3.8, 4) is 0 Å². The van der Waals surface area contributed by atoms with Crippen LogP contribution in [0.25, 0.3) is 0 Å². The van der Waals surface area contributed by atoms with Gasteiger partial charge in [0.1, 0.15) is 5.79 Å². The monoisotopic (exact) mass is 336 g/mol. The molecule has 0 aliphatic rings. The molecule has 0 bridgehead atoms. The Balaban J connectivity index is 4.54. The van der Waals surface area contributed by atoms with Crippen LogP contribution in [0.4, 0.5) is 0 Å². The molecule has 0 aliphatic heterocycles. The summed E-state index contributed by atoms with van der Waals surface area (Å²) in [6.07, 6.45) is 1.90. The molecule has 20 heavy (non-hydrogen) atoms. The Morgan fingerprint density at radius 3 is 1.40 bits per heavy atom. The molecule has 3 nitrogen and oxygen atoms in total. The second-order valence-corrected chi connectivity index (χ2v) is 22.0. The van der Waals surface area contributed by atoms with Gasteiger partial charge >= 0.3 is 0 Å². The lowest BCUT2D eigenvalue weighted by atomic mass is 10.2. The summed E-state index contributed by atoms with van der Waals surface area (Å²) >= 11 is 0. The zero-order chi connectivity index (χ0) is 16.2. The molecule has 0 aromatic heterocycles. The molecular weight excluding hydrogens is 300 g/mol. The molecule has 0 saturated heterocycles. The summed E-state index contributed by atoms with van der Waals surface area (Å²) < 4.78 is 18.6. The summed E-state index contributed by atoms with van der Waals surface area (Å²) in [5, 5.41) is 0. The lowest BCUT2D eigenvalue weighted by molar-refractivity contribution is -0.119. The summed E-state index contributed by atoms with van der Waals surface area (Å²) in [4.78, 5) is 0. The molecular formula is C14H36O3Si3. The minimum Gasteiger partial charge on any atom is -0.418 e. The predicted octanol–water partition coefficient (Wildman–Crippen LogP) is 5.04. The van der Waals surface area contributed by atoms with E-state index in [1.54, 1.807) is 0 Å². The van der Waals surface area contributed by atoms with Gasteiger partial charge in [-0.1, -0.05) is 0 Å². The molecule has 6 heteroatoms. The van der Waals surface area contributed by atoms with E-state index in [0.29, 0.717) is 0 Å². The SMILES string of the molecule is CC(CCCO[Si](C)(C)C)(O[Si](C)(C)C)O[Si](C)(C)C. The van der Waals surface area contributed by atoms with Crippen molar-refractivity contribution in [3.05, 3.63) is 0 Å². The zero-order valence-corrected chi connectivity index (χ0v) is 18.3. The summed E-state index contributed by atoms with van der Waals surface area (Å²) in [7, 11) is -4.66. The highest BCUT2D eigenvalue weighted by molar-refractivity contribution is 6.71. The van der Waals surface area contributed by atoms with Crippen LogP contribution >= 0.6 is 0 Å². The summed E-state index contributed by atoms with van der Waals surface area (Å²) in [5.41, 5.74) is 0. The van der Waals surface area contributed by atoms with Crippen molar-refractivity contribution in [1.29, 1.82) is 0 Å². The van der Waals surface area contributed by atoms with Gasteiger partial charge in [0.15, 0.2) is 25.0 Å². The van der Waals surface area contributed by atoms with Crippen molar-refractivity contribution < 1.29 is 13.3 Å². The van der Waals surface area contributed by atoms with Crippen molar-refractivity contribution in [2.45, 2.75) is 84.5 Å². The smallest absolute Gasteiger partial charge is 0.187 e. The van der Waals surface area contributed by atoms with Crippen LogP contribution in [0.15, 0.2) is 0 Å². The van der Waals surface area contributed by atoms with Crippen LogP contribution in [0.2, 0.25) is 58.9 Å². The van der Waals surface area contributed by atoms with Gasteiger partial charge in [0.2, 0.25) is 0 Å². The van der Waals surface area contributed by atoms with Gasteiger partial charge < -0.3 is 13.3 Å². The van der Waals surface area contributed by atoms with E-state index in [4.69, 9.17) is 13.3 Å². The first-order valence-corrected chi connectivity index (χ1v) is 17.9. The molecule has 0 aromatic rings. The van der Waals surface area contributed by atoms with Crippen molar-refractivity contribution >= 4 is 25.0 Å². The average molecular weight is 337 g/mol. The Labute approximate surface area is 129 Å². The van der Waals surface area contributed by atoms with Crippen LogP contribution in [-0.4, -0.2) is 37.3 Å². The fourth-order valence-corrected chi connectivity index (χ4v) is 5.91. The average Bonchev–Trinajstić information content (AvgIpc) is 2.04. The van der Waals surface area contributed by atoms with Gasteiger partial charge in [-0.05, 0) is 72.3 Å². The molecule has 0 atom stereocenters. The molecule has 0 heterocycles. The van der Waals surface area contributed by atoms with E-state index in [1.165, 1.54) is 0 Å². The molecule has 0 aromatic carbocycles. The second-order valence-electron chi connectivity index (χ2n) is 8.63. The van der Waals surface area contributed by atoms with Gasteiger partial charge in [-0.25, -0.2) is 0 Å². The highest BCUT2D eigenvalue weighted by Crippen LogP contribution is 2.28. The van der Waals surface area contributed by atoms with E-state index in [1.807, 2.05) is 0 Å². The molecule has 0 aliphatic carbocycles. The Kier molecular flexibility index (Phi) is 7.39. The quantitative estimate of drug-likeness (QED) is 0.335. The summed E-state index contributed by atoms with van der Waals surface area (Å²) in [5.74, 6) is -0.447. The second kappa shape index (κ2) is 7.19. The third-order valence-corrected chi connectivity index (χ3v) is 5.51. The molecule has 0 fully saturated rings. The number of hydrogen-bond donors (Lipinski definition) is 0. The Hall–Kier alpha value is 0.531. The van der Waals surface area contributed by atoms with Crippen LogP contribution < -0.4 is 0 Å². The van der Waals surface area contributed by atoms with Gasteiger partial charge in [-0.3, -0.25) is 0 Å². The van der Waals surface area contributed by atoms with Gasteiger partial charge in [0.05, 0.1) is 0 Å². The fourth-order valence-electron chi connectivity index (χ4n) is 2.19. The van der Waals surface area contributed by atoms with Gasteiger partial charge in [0.25, 0.3) is 0 Å². The number of rotatable bonds is 9. The van der Waals surface area contributed by atoms with Crippen LogP contribution in [0.3, 0.4) is 0 Å². The van der Waals surface area contributed by atoms with Crippen molar-refractivity contribution in [2.75, 3.05) is 6.61 Å². The number of hydrogen-bond acceptors (Lipinski definition) is 3. The molecule has 0 N–H and O–H groups in total. The van der Waals surface area contributed by atoms with E-state index >= 15 is 0 Å². The largest absolute Gasteiger partial charge is 0.418 e. The van der Waals surface area contributed by atoms with Gasteiger partial charge in [0, 0.05) is 13.0 Å². The maximum atomic E-state index is 6.34. The molecule has 0 radical (unpaired) electrons. The van der Waals surface area contributed by atoms with Crippen molar-refractivity contribution in [3.63, 3.8) is 0 Å². The third kappa shape index (κ3) is 12.3. The Morgan fingerprint density at radius 2 is 1.10 bits per heavy atom. The van der Waals surface area contributed by atoms with Crippen LogP contribution in [0.5, 0.6) is 0 Å². The van der Waals surface area contributed by atoms with E-state index in [2.05, 4.69) is 65.8 Å². The first-order chi connectivity index (χ1) is 8.62. The predicted molar refractivity (Wildman–Crippen MR) is 95.8 cm³/mol. The minimum atomic E-state index is -1.62. The molecule has 122 valence electrons. The third-order valence-electron chi connectivity index (χ3n) is 2.35. The molecule has 0 unspecified atom stereocenters. The van der Waals surface area contributed by atoms with Crippen LogP contribution in [-0.2, 0) is 13.3 Å². The standard InChI is InChI=1S/C14H36O3Si3/c1-14(16-19(5,6)7,17-20(8,9)10)12-11-13-15-18(2,3)4/h11-13H2,1-10H3. The minimum absolute atomic E-state index is 0.447. The van der Waals surface area contributed by atoms with Gasteiger partial charge in [-0.2, -0.15) is 0 Å². The molecule has 0 saturated carbocycles. The zero-order valence-electron chi connectivity index (χ0n) is 15.3. The molecule has 0 rings (SSSR count). The van der Waals surface area contributed by atoms with E-state index in [0.717, 1.165) is 19.4 Å². The lowest BCUT2D eigenvalue weighted by Gasteiger charge is -2.40. The van der Waals surface area contributed by atoms with Crippen molar-refractivity contribution in [1.82, 2.24) is 0 Å². The van der Waals surface area contributed by atoms with E-state index in [-0.39, 0.29) is 0 Å². The maximum absolute atomic E-state index is 6.34. The van der Waals surface area contributed by atoms with Gasteiger partial charge in [-0.15, -0.1) is 0 Å². The van der Waals surface area contributed by atoms with Crippen molar-refractivity contribution in [2.24, 2.45) is 0 Å². The Bertz CT molecular complexity index is 272. The lowest BCUT2D eigenvalue weighted by Crippen LogP contribution is -2.48. The Morgan fingerprint density at radius 1 is 0.700 bits per heavy atom. The topological polar surface area (TPSA) is 27.7 Å². The first kappa shape index (κ1) is 20.5. The highest BCUT2D eigenvalue weighted by Gasteiger charge is 2.36. The molecule has 0 amide bonds. The summed E-state index contributed by atoms with van der Waals surface area (Å²) in [6.45, 7) is 22.9. The normalized spacial score (nSPS) is 14.7. The highest BCUT2D eigenvalue weighted by atomic mass is 28.4. The molecule has 0 spiro atoms. The van der Waals surface area contributed by atoms with E-state index in [9.17, 15) is 0 Å². The maximum Gasteiger partial charge on any atom is 0.187 e.